The minimum absolute atomic E-state index is 0.0108. The second kappa shape index (κ2) is 6.07. The van der Waals surface area contributed by atoms with Gasteiger partial charge in [0.05, 0.1) is 37.5 Å². The third kappa shape index (κ3) is 3.02. The van der Waals surface area contributed by atoms with Gasteiger partial charge in [-0.1, -0.05) is 0 Å². The lowest BCUT2D eigenvalue weighted by Gasteiger charge is -2.07. The molecule has 0 saturated heterocycles. The summed E-state index contributed by atoms with van der Waals surface area (Å²) >= 11 is 0. The van der Waals surface area contributed by atoms with Gasteiger partial charge < -0.3 is 9.84 Å². The Morgan fingerprint density at radius 3 is 2.67 bits per heavy atom. The number of nitrogens with zero attached hydrogens (tertiary/aromatic N) is 3. The van der Waals surface area contributed by atoms with Crippen LogP contribution in [-0.4, -0.2) is 39.0 Å². The Balaban J connectivity index is 3.06. The molecule has 1 rings (SSSR count). The fraction of sp³-hybridized carbons (Fsp3) is 0.556. The van der Waals surface area contributed by atoms with Crippen LogP contribution in [0.1, 0.15) is 0 Å². The second-order valence-electron chi connectivity index (χ2n) is 3.46. The highest BCUT2D eigenvalue weighted by Gasteiger charge is 2.18. The van der Waals surface area contributed by atoms with Crippen molar-refractivity contribution in [3.8, 4) is 0 Å². The molecule has 1 N–H and O–H groups in total. The number of hydrogen-bond donors (Lipinski definition) is 1. The largest absolute Gasteiger partial charge is 0.394 e. The Hall–Kier alpha value is -2.00. The lowest BCUT2D eigenvalue weighted by Crippen LogP contribution is -2.40. The first kappa shape index (κ1) is 14.1. The van der Waals surface area contributed by atoms with Crippen LogP contribution < -0.4 is 11.2 Å². The molecule has 0 aromatic carbocycles. The van der Waals surface area contributed by atoms with Crippen molar-refractivity contribution in [1.82, 2.24) is 9.13 Å². The van der Waals surface area contributed by atoms with E-state index >= 15 is 0 Å². The zero-order valence-corrected chi connectivity index (χ0v) is 9.74. The summed E-state index contributed by atoms with van der Waals surface area (Å²) in [5.41, 5.74) is -2.28. The van der Waals surface area contributed by atoms with Gasteiger partial charge in [0.25, 0.3) is 0 Å². The molecule has 9 heteroatoms. The van der Waals surface area contributed by atoms with Crippen LogP contribution in [0, 0.1) is 10.1 Å². The molecule has 0 unspecified atom stereocenters. The van der Waals surface area contributed by atoms with Crippen LogP contribution in [0.4, 0.5) is 5.69 Å². The predicted molar refractivity (Wildman–Crippen MR) is 60.5 cm³/mol. The molecule has 0 bridgehead atoms. The molecule has 0 aliphatic heterocycles. The zero-order valence-electron chi connectivity index (χ0n) is 9.74. The summed E-state index contributed by atoms with van der Waals surface area (Å²) in [4.78, 5) is 33.1. The van der Waals surface area contributed by atoms with E-state index in [0.717, 1.165) is 15.3 Å². The number of aliphatic hydroxyl groups excluding tert-OH is 1. The van der Waals surface area contributed by atoms with Crippen LogP contribution in [0.25, 0.3) is 0 Å². The van der Waals surface area contributed by atoms with E-state index < -0.39 is 21.9 Å². The maximum atomic E-state index is 11.7. The standard InChI is InChI=1S/C9H13N3O6/c1-10-6-7(12(16)17)8(14)11(9(10)15)2-4-18-5-3-13/h6,13H,2-5H2,1H3. The Morgan fingerprint density at radius 2 is 2.11 bits per heavy atom. The van der Waals surface area contributed by atoms with E-state index in [4.69, 9.17) is 9.84 Å². The summed E-state index contributed by atoms with van der Waals surface area (Å²) in [7, 11) is 1.32. The Labute approximate surface area is 101 Å². The maximum Gasteiger partial charge on any atom is 0.350 e. The first-order valence-electron chi connectivity index (χ1n) is 5.12. The first-order chi connectivity index (χ1) is 8.49. The van der Waals surface area contributed by atoms with Gasteiger partial charge in [-0.25, -0.2) is 4.79 Å². The predicted octanol–water partition coefficient (Wildman–Crippen LogP) is -1.54. The van der Waals surface area contributed by atoms with Crippen molar-refractivity contribution >= 4 is 5.69 Å². The summed E-state index contributed by atoms with van der Waals surface area (Å²) in [6, 6.07) is 0. The normalized spacial score (nSPS) is 10.6. The molecule has 0 spiro atoms. The molecule has 18 heavy (non-hydrogen) atoms. The molecule has 1 aromatic rings. The average molecular weight is 259 g/mol. The summed E-state index contributed by atoms with van der Waals surface area (Å²) in [5, 5.41) is 19.1. The van der Waals surface area contributed by atoms with Gasteiger partial charge in [-0.3, -0.25) is 24.0 Å². The molecule has 0 fully saturated rings. The molecule has 0 saturated carbocycles. The summed E-state index contributed by atoms with van der Waals surface area (Å²) in [5.74, 6) is 0. The molecular formula is C9H13N3O6. The third-order valence-corrected chi connectivity index (χ3v) is 2.20. The summed E-state index contributed by atoms with van der Waals surface area (Å²) < 4.78 is 6.60. The Bertz CT molecular complexity index is 546. The van der Waals surface area contributed by atoms with Gasteiger partial charge in [-0.15, -0.1) is 0 Å². The van der Waals surface area contributed by atoms with Gasteiger partial charge in [0.1, 0.15) is 0 Å². The SMILES string of the molecule is Cn1cc([N+](=O)[O-])c(=O)n(CCOCCO)c1=O. The fourth-order valence-corrected chi connectivity index (χ4v) is 1.35. The van der Waals surface area contributed by atoms with Crippen LogP contribution in [0.3, 0.4) is 0 Å². The zero-order chi connectivity index (χ0) is 13.7. The second-order valence-corrected chi connectivity index (χ2v) is 3.46. The number of ether oxygens (including phenoxy) is 1. The maximum absolute atomic E-state index is 11.7. The van der Waals surface area contributed by atoms with Crippen LogP contribution >= 0.6 is 0 Å². The quantitative estimate of drug-likeness (QED) is 0.376. The number of aliphatic hydroxyl groups is 1. The highest BCUT2D eigenvalue weighted by Crippen LogP contribution is 1.98. The van der Waals surface area contributed by atoms with E-state index in [-0.39, 0.29) is 26.4 Å². The van der Waals surface area contributed by atoms with E-state index in [9.17, 15) is 19.7 Å². The average Bonchev–Trinajstić information content (AvgIpc) is 2.32. The molecule has 0 atom stereocenters. The highest BCUT2D eigenvalue weighted by molar-refractivity contribution is 5.21. The van der Waals surface area contributed by atoms with E-state index in [2.05, 4.69) is 0 Å². The van der Waals surface area contributed by atoms with Gasteiger partial charge in [0, 0.05) is 7.05 Å². The van der Waals surface area contributed by atoms with Crippen molar-refractivity contribution < 1.29 is 14.8 Å². The van der Waals surface area contributed by atoms with E-state index in [0.29, 0.717) is 0 Å². The Morgan fingerprint density at radius 1 is 1.44 bits per heavy atom. The van der Waals surface area contributed by atoms with Gasteiger partial charge in [-0.2, -0.15) is 0 Å². The fourth-order valence-electron chi connectivity index (χ4n) is 1.35. The van der Waals surface area contributed by atoms with E-state index in [1.165, 1.54) is 7.05 Å². The summed E-state index contributed by atoms with van der Waals surface area (Å²) in [6.45, 7) is -0.199. The van der Waals surface area contributed by atoms with Crippen molar-refractivity contribution in [3.63, 3.8) is 0 Å². The van der Waals surface area contributed by atoms with Gasteiger partial charge >= 0.3 is 16.9 Å². The first-order valence-corrected chi connectivity index (χ1v) is 5.12. The summed E-state index contributed by atoms with van der Waals surface area (Å²) in [6.07, 6.45) is 0.885. The van der Waals surface area contributed by atoms with Crippen molar-refractivity contribution in [2.75, 3.05) is 19.8 Å². The molecule has 1 heterocycles. The van der Waals surface area contributed by atoms with Gasteiger partial charge in [0.2, 0.25) is 0 Å². The van der Waals surface area contributed by atoms with Crippen LogP contribution in [-0.2, 0) is 18.3 Å². The highest BCUT2D eigenvalue weighted by atomic mass is 16.6. The molecule has 0 amide bonds. The molecule has 1 aromatic heterocycles. The Kier molecular flexibility index (Phi) is 4.75. The lowest BCUT2D eigenvalue weighted by atomic mass is 10.5. The number of hydrogen-bond acceptors (Lipinski definition) is 6. The van der Waals surface area contributed by atoms with Crippen molar-refractivity contribution in [2.24, 2.45) is 7.05 Å². The van der Waals surface area contributed by atoms with Crippen LogP contribution in [0.15, 0.2) is 15.8 Å². The van der Waals surface area contributed by atoms with Crippen LogP contribution in [0.5, 0.6) is 0 Å². The van der Waals surface area contributed by atoms with E-state index in [1.54, 1.807) is 0 Å². The topological polar surface area (TPSA) is 117 Å². The molecule has 0 aliphatic carbocycles. The van der Waals surface area contributed by atoms with Crippen molar-refractivity contribution in [3.05, 3.63) is 37.1 Å². The number of aryl methyl sites for hydroxylation is 1. The van der Waals surface area contributed by atoms with E-state index in [1.807, 2.05) is 0 Å². The monoisotopic (exact) mass is 259 g/mol. The molecule has 100 valence electrons. The van der Waals surface area contributed by atoms with Gasteiger partial charge in [0.15, 0.2) is 0 Å². The smallest absolute Gasteiger partial charge is 0.350 e. The number of aromatic nitrogens is 2. The minimum Gasteiger partial charge on any atom is -0.394 e. The molecular weight excluding hydrogens is 246 g/mol. The molecule has 0 aliphatic rings. The van der Waals surface area contributed by atoms with Crippen molar-refractivity contribution in [1.29, 1.82) is 0 Å². The number of rotatable bonds is 6. The third-order valence-electron chi connectivity index (χ3n) is 2.20. The minimum atomic E-state index is -0.962. The lowest BCUT2D eigenvalue weighted by molar-refractivity contribution is -0.387. The van der Waals surface area contributed by atoms with Gasteiger partial charge in [-0.05, 0) is 0 Å². The van der Waals surface area contributed by atoms with Crippen molar-refractivity contribution in [2.45, 2.75) is 6.54 Å². The van der Waals surface area contributed by atoms with Crippen LogP contribution in [0.2, 0.25) is 0 Å². The molecule has 9 nitrogen and oxygen atoms in total. The number of nitro groups is 1. The molecule has 0 radical (unpaired) electrons.